The first kappa shape index (κ1) is 18.5. The van der Waals surface area contributed by atoms with Crippen molar-refractivity contribution >= 4 is 23.6 Å². The number of aromatic nitrogens is 2. The minimum Gasteiger partial charge on any atom is -0.465 e. The number of likely N-dealkylation sites (tertiary alicyclic amines) is 1. The molecule has 1 N–H and O–H groups in total. The third-order valence-corrected chi connectivity index (χ3v) is 6.47. The minimum atomic E-state index is -0.905. The second-order valence-corrected chi connectivity index (χ2v) is 8.62. The molecule has 1 aromatic heterocycles. The Hall–Kier alpha value is -2.54. The molecule has 29 heavy (non-hydrogen) atoms. The highest BCUT2D eigenvalue weighted by atomic mass is 35.5. The number of carbonyl (C=O) groups is 2. The van der Waals surface area contributed by atoms with Crippen LogP contribution in [-0.4, -0.2) is 49.8 Å². The van der Waals surface area contributed by atoms with E-state index in [1.54, 1.807) is 6.20 Å². The van der Waals surface area contributed by atoms with Gasteiger partial charge in [0.05, 0.1) is 23.8 Å². The number of hydrogen-bond donors (Lipinski definition) is 1. The Morgan fingerprint density at radius 2 is 2.00 bits per heavy atom. The van der Waals surface area contributed by atoms with E-state index in [9.17, 15) is 14.7 Å². The first-order valence-electron chi connectivity index (χ1n) is 10.2. The van der Waals surface area contributed by atoms with Gasteiger partial charge in [0, 0.05) is 30.9 Å². The molecule has 1 aromatic carbocycles. The normalized spacial score (nSPS) is 21.3. The number of rotatable bonds is 3. The van der Waals surface area contributed by atoms with Crippen molar-refractivity contribution in [2.24, 2.45) is 0 Å². The van der Waals surface area contributed by atoms with Crippen LogP contribution in [0.4, 0.5) is 4.79 Å². The molecule has 2 aliphatic heterocycles. The van der Waals surface area contributed by atoms with Gasteiger partial charge in [0.25, 0.3) is 5.91 Å². The van der Waals surface area contributed by atoms with E-state index >= 15 is 0 Å². The van der Waals surface area contributed by atoms with Crippen molar-refractivity contribution in [3.63, 3.8) is 0 Å². The predicted molar refractivity (Wildman–Crippen MR) is 107 cm³/mol. The molecule has 0 bridgehead atoms. The number of nitrogens with zero attached hydrogens (tertiary/aromatic N) is 4. The smallest absolute Gasteiger partial charge is 0.407 e. The highest BCUT2D eigenvalue weighted by Gasteiger charge is 2.34. The summed E-state index contributed by atoms with van der Waals surface area (Å²) in [6, 6.07) is 4.07. The Morgan fingerprint density at radius 3 is 2.76 bits per heavy atom. The van der Waals surface area contributed by atoms with E-state index in [0.717, 1.165) is 42.4 Å². The highest BCUT2D eigenvalue weighted by Crippen LogP contribution is 2.39. The van der Waals surface area contributed by atoms with Gasteiger partial charge in [-0.1, -0.05) is 11.6 Å². The lowest BCUT2D eigenvalue weighted by atomic mass is 9.90. The van der Waals surface area contributed by atoms with Gasteiger partial charge in [0.1, 0.15) is 0 Å². The van der Waals surface area contributed by atoms with Crippen LogP contribution in [0.25, 0.3) is 0 Å². The van der Waals surface area contributed by atoms with Crippen molar-refractivity contribution in [1.29, 1.82) is 0 Å². The summed E-state index contributed by atoms with van der Waals surface area (Å²) in [7, 11) is 0. The Morgan fingerprint density at radius 1 is 1.17 bits per heavy atom. The molecule has 1 saturated carbocycles. The Bertz CT molecular complexity index is 984. The van der Waals surface area contributed by atoms with Crippen LogP contribution in [0.2, 0.25) is 5.02 Å². The van der Waals surface area contributed by atoms with Gasteiger partial charge in [-0.2, -0.15) is 5.10 Å². The molecular weight excluding hydrogens is 392 g/mol. The van der Waals surface area contributed by atoms with E-state index in [-0.39, 0.29) is 11.9 Å². The molecule has 2 amide bonds. The van der Waals surface area contributed by atoms with Crippen LogP contribution in [0, 0.1) is 0 Å². The first-order chi connectivity index (χ1) is 14.0. The second-order valence-electron chi connectivity index (χ2n) is 8.18. The minimum absolute atomic E-state index is 0.0232. The van der Waals surface area contributed by atoms with Crippen LogP contribution in [0.15, 0.2) is 24.5 Å². The van der Waals surface area contributed by atoms with Crippen molar-refractivity contribution in [2.45, 2.75) is 50.7 Å². The molecule has 1 saturated heterocycles. The molecule has 3 heterocycles. The van der Waals surface area contributed by atoms with E-state index in [1.807, 2.05) is 27.9 Å². The zero-order chi connectivity index (χ0) is 20.1. The zero-order valence-electron chi connectivity index (χ0n) is 16.1. The lowest BCUT2D eigenvalue weighted by Crippen LogP contribution is -2.37. The molecule has 0 spiro atoms. The van der Waals surface area contributed by atoms with Crippen LogP contribution in [0.3, 0.4) is 0 Å². The third-order valence-electron chi connectivity index (χ3n) is 6.26. The van der Waals surface area contributed by atoms with E-state index in [0.29, 0.717) is 42.7 Å². The average molecular weight is 415 g/mol. The largest absolute Gasteiger partial charge is 0.465 e. The number of amides is 2. The van der Waals surface area contributed by atoms with E-state index < -0.39 is 6.09 Å². The second kappa shape index (κ2) is 7.06. The summed E-state index contributed by atoms with van der Waals surface area (Å²) in [5.74, 6) is -0.0232. The molecule has 8 heteroatoms. The maximum Gasteiger partial charge on any atom is 0.407 e. The summed E-state index contributed by atoms with van der Waals surface area (Å²) in [4.78, 5) is 28.1. The van der Waals surface area contributed by atoms with E-state index in [2.05, 4.69) is 5.10 Å². The van der Waals surface area contributed by atoms with E-state index in [4.69, 9.17) is 11.6 Å². The first-order valence-corrected chi connectivity index (χ1v) is 10.5. The molecule has 152 valence electrons. The third kappa shape index (κ3) is 3.37. The van der Waals surface area contributed by atoms with Gasteiger partial charge < -0.3 is 14.9 Å². The lowest BCUT2D eigenvalue weighted by Gasteiger charge is -2.33. The van der Waals surface area contributed by atoms with Gasteiger partial charge >= 0.3 is 6.09 Å². The average Bonchev–Trinajstić information content (AvgIpc) is 3.24. The number of fused-ring (bicyclic) bond motifs is 1. The van der Waals surface area contributed by atoms with Crippen LogP contribution >= 0.6 is 11.6 Å². The highest BCUT2D eigenvalue weighted by molar-refractivity contribution is 6.30. The lowest BCUT2D eigenvalue weighted by molar-refractivity contribution is 0.0732. The van der Waals surface area contributed by atoms with Crippen molar-refractivity contribution in [3.8, 4) is 0 Å². The number of halogens is 1. The number of hydrogen-bond acceptors (Lipinski definition) is 3. The van der Waals surface area contributed by atoms with E-state index in [1.165, 1.54) is 4.90 Å². The maximum atomic E-state index is 13.1. The summed E-state index contributed by atoms with van der Waals surface area (Å²) in [6.45, 7) is 1.62. The molecule has 0 unspecified atom stereocenters. The molecular formula is C21H23ClN4O3. The maximum absolute atomic E-state index is 13.1. The number of carboxylic acid groups (broad SMARTS) is 1. The predicted octanol–water partition coefficient (Wildman–Crippen LogP) is 3.88. The van der Waals surface area contributed by atoms with Crippen molar-refractivity contribution in [1.82, 2.24) is 19.6 Å². The SMILES string of the molecule is O=C(c1cnn(C2CC2)c1)N1CCc2cc(Cl)cc([C@@H]3CCCN3C(=O)O)c2C1. The summed E-state index contributed by atoms with van der Waals surface area (Å²) >= 11 is 6.36. The quantitative estimate of drug-likeness (QED) is 0.826. The van der Waals surface area contributed by atoms with Crippen LogP contribution < -0.4 is 0 Å². The molecule has 1 atom stereocenters. The zero-order valence-corrected chi connectivity index (χ0v) is 16.8. The summed E-state index contributed by atoms with van der Waals surface area (Å²) in [5, 5.41) is 14.5. The fraction of sp³-hybridized carbons (Fsp3) is 0.476. The topological polar surface area (TPSA) is 78.7 Å². The van der Waals surface area contributed by atoms with Crippen LogP contribution in [-0.2, 0) is 13.0 Å². The summed E-state index contributed by atoms with van der Waals surface area (Å²) in [6.07, 6.45) is 7.17. The molecule has 3 aliphatic rings. The fourth-order valence-corrected chi connectivity index (χ4v) is 4.87. The van der Waals surface area contributed by atoms with Gasteiger partial charge in [0.2, 0.25) is 0 Å². The fourth-order valence-electron chi connectivity index (χ4n) is 4.62. The van der Waals surface area contributed by atoms with Crippen molar-refractivity contribution in [2.75, 3.05) is 13.1 Å². The summed E-state index contributed by atoms with van der Waals surface area (Å²) in [5.41, 5.74) is 3.71. The molecule has 7 nitrogen and oxygen atoms in total. The van der Waals surface area contributed by atoms with Gasteiger partial charge in [-0.15, -0.1) is 0 Å². The van der Waals surface area contributed by atoms with Crippen molar-refractivity contribution < 1.29 is 14.7 Å². The molecule has 2 fully saturated rings. The van der Waals surface area contributed by atoms with Gasteiger partial charge in [-0.25, -0.2) is 4.79 Å². The number of carbonyl (C=O) groups excluding carboxylic acids is 1. The molecule has 1 aliphatic carbocycles. The van der Waals surface area contributed by atoms with Gasteiger partial charge in [-0.05, 0) is 60.9 Å². The Balaban J connectivity index is 1.44. The molecule has 5 rings (SSSR count). The van der Waals surface area contributed by atoms with Gasteiger partial charge in [0.15, 0.2) is 0 Å². The van der Waals surface area contributed by atoms with Gasteiger partial charge in [-0.3, -0.25) is 9.48 Å². The Labute approximate surface area is 173 Å². The standard InChI is InChI=1S/C21H23ClN4O3/c22-15-8-13-5-7-24(20(27)14-10-23-26(11-14)16-3-4-16)12-18(13)17(9-15)19-2-1-6-25(19)21(28)29/h8-11,16,19H,1-7,12H2,(H,28,29)/t19-/m0/s1. The Kier molecular flexibility index (Phi) is 4.50. The van der Waals surface area contributed by atoms with Crippen LogP contribution in [0.1, 0.15) is 64.8 Å². The molecule has 2 aromatic rings. The number of benzene rings is 1. The monoisotopic (exact) mass is 414 g/mol. The van der Waals surface area contributed by atoms with Crippen LogP contribution in [0.5, 0.6) is 0 Å². The molecule has 0 radical (unpaired) electrons. The summed E-state index contributed by atoms with van der Waals surface area (Å²) < 4.78 is 1.89. The van der Waals surface area contributed by atoms with Crippen molar-refractivity contribution in [3.05, 3.63) is 51.8 Å².